The smallest absolute Gasteiger partial charge is 0.255 e. The van der Waals surface area contributed by atoms with Crippen molar-refractivity contribution in [2.45, 2.75) is 19.8 Å². The fourth-order valence-corrected chi connectivity index (χ4v) is 1.93. The minimum absolute atomic E-state index is 0.172. The van der Waals surface area contributed by atoms with Gasteiger partial charge in [-0.2, -0.15) is 0 Å². The van der Waals surface area contributed by atoms with E-state index in [1.807, 2.05) is 24.3 Å². The van der Waals surface area contributed by atoms with Crippen LogP contribution in [0.5, 0.6) is 5.75 Å². The van der Waals surface area contributed by atoms with Crippen LogP contribution in [0.2, 0.25) is 0 Å². The first-order valence-electron chi connectivity index (χ1n) is 7.34. The molecule has 2 aromatic carbocycles. The molecule has 0 aliphatic carbocycles. The number of benzene rings is 2. The van der Waals surface area contributed by atoms with Crippen molar-refractivity contribution in [3.8, 4) is 18.1 Å². The first-order valence-corrected chi connectivity index (χ1v) is 7.34. The summed E-state index contributed by atoms with van der Waals surface area (Å²) in [6, 6.07) is 14.3. The van der Waals surface area contributed by atoms with Crippen molar-refractivity contribution in [2.24, 2.45) is 0 Å². The molecule has 0 bridgehead atoms. The van der Waals surface area contributed by atoms with Crippen LogP contribution in [0.15, 0.2) is 48.5 Å². The Hall–Kier alpha value is -2.73. The van der Waals surface area contributed by atoms with Crippen molar-refractivity contribution in [2.75, 3.05) is 11.9 Å². The van der Waals surface area contributed by atoms with Gasteiger partial charge < -0.3 is 10.1 Å². The third kappa shape index (κ3) is 4.39. The summed E-state index contributed by atoms with van der Waals surface area (Å²) < 4.78 is 5.58. The first kappa shape index (κ1) is 15.7. The summed E-state index contributed by atoms with van der Waals surface area (Å²) in [5.74, 6) is 3.15. The molecule has 1 amide bonds. The number of carbonyl (C=O) groups excluding carboxylic acids is 1. The molecule has 0 atom stereocenters. The van der Waals surface area contributed by atoms with E-state index < -0.39 is 0 Å². The molecule has 0 heterocycles. The van der Waals surface area contributed by atoms with Gasteiger partial charge in [-0.3, -0.25) is 4.79 Å². The predicted octanol–water partition coefficient (Wildman–Crippen LogP) is 4.10. The van der Waals surface area contributed by atoms with Crippen molar-refractivity contribution in [1.82, 2.24) is 0 Å². The summed E-state index contributed by atoms with van der Waals surface area (Å²) in [6.45, 7) is 2.81. The summed E-state index contributed by atoms with van der Waals surface area (Å²) in [6.07, 6.45) is 7.47. The second-order valence-corrected chi connectivity index (χ2v) is 4.91. The van der Waals surface area contributed by atoms with Crippen LogP contribution >= 0.6 is 0 Å². The standard InChI is InChI=1S/C19H19NO2/c1-3-5-13-22-18-11-9-16(10-12-18)19(21)20-17-8-6-7-15(4-2)14-17/h2,6-12,14H,3,5,13H2,1H3,(H,20,21). The Bertz CT molecular complexity index is 669. The van der Waals surface area contributed by atoms with Gasteiger partial charge in [0.2, 0.25) is 0 Å². The zero-order valence-corrected chi connectivity index (χ0v) is 12.6. The maximum absolute atomic E-state index is 12.2. The van der Waals surface area contributed by atoms with Gasteiger partial charge in [0.25, 0.3) is 5.91 Å². The van der Waals surface area contributed by atoms with Crippen LogP contribution < -0.4 is 10.1 Å². The van der Waals surface area contributed by atoms with E-state index in [4.69, 9.17) is 11.2 Å². The van der Waals surface area contributed by atoms with Gasteiger partial charge >= 0.3 is 0 Å². The van der Waals surface area contributed by atoms with E-state index in [0.717, 1.165) is 24.2 Å². The lowest BCUT2D eigenvalue weighted by molar-refractivity contribution is 0.102. The molecule has 0 aliphatic rings. The molecule has 3 nitrogen and oxygen atoms in total. The predicted molar refractivity (Wildman–Crippen MR) is 89.2 cm³/mol. The Kier molecular flexibility index (Phi) is 5.62. The molecule has 0 saturated heterocycles. The monoisotopic (exact) mass is 293 g/mol. The number of unbranched alkanes of at least 4 members (excludes halogenated alkanes) is 1. The summed E-state index contributed by atoms with van der Waals surface area (Å²) in [4.78, 5) is 12.2. The van der Waals surface area contributed by atoms with Crippen molar-refractivity contribution in [3.63, 3.8) is 0 Å². The van der Waals surface area contributed by atoms with E-state index in [0.29, 0.717) is 17.9 Å². The third-order valence-electron chi connectivity index (χ3n) is 3.17. The van der Waals surface area contributed by atoms with E-state index in [1.54, 1.807) is 24.3 Å². The molecule has 0 unspecified atom stereocenters. The summed E-state index contributed by atoms with van der Waals surface area (Å²) in [7, 11) is 0. The molecule has 1 N–H and O–H groups in total. The number of carbonyl (C=O) groups is 1. The van der Waals surface area contributed by atoms with Crippen LogP contribution in [-0.2, 0) is 0 Å². The first-order chi connectivity index (χ1) is 10.7. The minimum atomic E-state index is -0.172. The zero-order chi connectivity index (χ0) is 15.8. The fourth-order valence-electron chi connectivity index (χ4n) is 1.93. The van der Waals surface area contributed by atoms with Crippen LogP contribution in [0.4, 0.5) is 5.69 Å². The quantitative estimate of drug-likeness (QED) is 0.643. The Morgan fingerprint density at radius 3 is 2.68 bits per heavy atom. The molecule has 112 valence electrons. The molecule has 3 heteroatoms. The maximum Gasteiger partial charge on any atom is 0.255 e. The molecule has 0 aromatic heterocycles. The molecule has 2 aromatic rings. The third-order valence-corrected chi connectivity index (χ3v) is 3.17. The van der Waals surface area contributed by atoms with E-state index in [1.165, 1.54) is 0 Å². The van der Waals surface area contributed by atoms with Crippen LogP contribution in [-0.4, -0.2) is 12.5 Å². The number of ether oxygens (including phenoxy) is 1. The molecule has 2 rings (SSSR count). The molecule has 0 saturated carbocycles. The lowest BCUT2D eigenvalue weighted by Crippen LogP contribution is -2.11. The van der Waals surface area contributed by atoms with Gasteiger partial charge in [-0.1, -0.05) is 25.3 Å². The van der Waals surface area contributed by atoms with Crippen molar-refractivity contribution >= 4 is 11.6 Å². The number of nitrogens with one attached hydrogen (secondary N) is 1. The van der Waals surface area contributed by atoms with Gasteiger partial charge in [0.15, 0.2) is 0 Å². The highest BCUT2D eigenvalue weighted by Gasteiger charge is 2.06. The van der Waals surface area contributed by atoms with Crippen LogP contribution in [0, 0.1) is 12.3 Å². The van der Waals surface area contributed by atoms with Crippen molar-refractivity contribution in [3.05, 3.63) is 59.7 Å². The SMILES string of the molecule is C#Cc1cccc(NC(=O)c2ccc(OCCCC)cc2)c1. The molecular formula is C19H19NO2. The number of anilines is 1. The molecule has 0 radical (unpaired) electrons. The number of rotatable bonds is 6. The highest BCUT2D eigenvalue weighted by atomic mass is 16.5. The molecule has 0 aliphatic heterocycles. The average Bonchev–Trinajstić information content (AvgIpc) is 2.56. The Balaban J connectivity index is 1.99. The Labute approximate surface area is 131 Å². The zero-order valence-electron chi connectivity index (χ0n) is 12.6. The summed E-state index contributed by atoms with van der Waals surface area (Å²) in [5, 5.41) is 2.83. The number of hydrogen-bond donors (Lipinski definition) is 1. The lowest BCUT2D eigenvalue weighted by atomic mass is 10.1. The second-order valence-electron chi connectivity index (χ2n) is 4.91. The normalized spacial score (nSPS) is 9.82. The second kappa shape index (κ2) is 7.90. The van der Waals surface area contributed by atoms with Crippen LogP contribution in [0.25, 0.3) is 0 Å². The summed E-state index contributed by atoms with van der Waals surface area (Å²) >= 11 is 0. The Morgan fingerprint density at radius 1 is 1.23 bits per heavy atom. The molecule has 0 fully saturated rings. The van der Waals surface area contributed by atoms with Gasteiger partial charge in [0, 0.05) is 16.8 Å². The fraction of sp³-hybridized carbons (Fsp3) is 0.211. The highest BCUT2D eigenvalue weighted by Crippen LogP contribution is 2.15. The Morgan fingerprint density at radius 2 is 2.00 bits per heavy atom. The van der Waals surface area contributed by atoms with E-state index in [2.05, 4.69) is 18.2 Å². The van der Waals surface area contributed by atoms with Gasteiger partial charge in [0.05, 0.1) is 6.61 Å². The largest absolute Gasteiger partial charge is 0.494 e. The number of amides is 1. The maximum atomic E-state index is 12.2. The van der Waals surface area contributed by atoms with Crippen molar-refractivity contribution < 1.29 is 9.53 Å². The van der Waals surface area contributed by atoms with E-state index in [-0.39, 0.29) is 5.91 Å². The molecule has 22 heavy (non-hydrogen) atoms. The molecule has 0 spiro atoms. The summed E-state index contributed by atoms with van der Waals surface area (Å²) in [5.41, 5.74) is 2.00. The van der Waals surface area contributed by atoms with E-state index in [9.17, 15) is 4.79 Å². The minimum Gasteiger partial charge on any atom is -0.494 e. The van der Waals surface area contributed by atoms with Gasteiger partial charge in [-0.15, -0.1) is 6.42 Å². The van der Waals surface area contributed by atoms with Gasteiger partial charge in [-0.25, -0.2) is 0 Å². The topological polar surface area (TPSA) is 38.3 Å². The molecular weight excluding hydrogens is 274 g/mol. The number of terminal acetylenes is 1. The van der Waals surface area contributed by atoms with Crippen LogP contribution in [0.3, 0.4) is 0 Å². The average molecular weight is 293 g/mol. The number of hydrogen-bond acceptors (Lipinski definition) is 2. The lowest BCUT2D eigenvalue weighted by Gasteiger charge is -2.08. The van der Waals surface area contributed by atoms with Crippen LogP contribution in [0.1, 0.15) is 35.7 Å². The van der Waals surface area contributed by atoms with Crippen molar-refractivity contribution in [1.29, 1.82) is 0 Å². The highest BCUT2D eigenvalue weighted by molar-refractivity contribution is 6.04. The van der Waals surface area contributed by atoms with Gasteiger partial charge in [-0.05, 0) is 48.9 Å². The van der Waals surface area contributed by atoms with E-state index >= 15 is 0 Å². The van der Waals surface area contributed by atoms with Gasteiger partial charge in [0.1, 0.15) is 5.75 Å².